The number of terminal acetylenes is 1. The molecule has 0 saturated heterocycles. The van der Waals surface area contributed by atoms with Gasteiger partial charge in [0.05, 0.1) is 12.2 Å². The van der Waals surface area contributed by atoms with Gasteiger partial charge in [-0.05, 0) is 45.6 Å². The fourth-order valence-electron chi connectivity index (χ4n) is 2.16. The van der Waals surface area contributed by atoms with Gasteiger partial charge in [-0.3, -0.25) is 0 Å². The van der Waals surface area contributed by atoms with E-state index in [2.05, 4.69) is 15.9 Å². The van der Waals surface area contributed by atoms with Crippen molar-refractivity contribution >= 4 is 6.09 Å². The van der Waals surface area contributed by atoms with Crippen molar-refractivity contribution in [2.45, 2.75) is 46.3 Å². The lowest BCUT2D eigenvalue weighted by Gasteiger charge is -2.31. The molecule has 106 valence electrons. The zero-order valence-electron chi connectivity index (χ0n) is 12.4. The molecule has 0 bridgehead atoms. The molecule has 2 heterocycles. The molecule has 1 aliphatic heterocycles. The highest BCUT2D eigenvalue weighted by molar-refractivity contribution is 5.68. The van der Waals surface area contributed by atoms with E-state index >= 15 is 0 Å². The molecule has 5 nitrogen and oxygen atoms in total. The van der Waals surface area contributed by atoms with Crippen molar-refractivity contribution in [2.75, 3.05) is 6.54 Å². The first-order valence-electron chi connectivity index (χ1n) is 6.61. The molecule has 2 rings (SSSR count). The highest BCUT2D eigenvalue weighted by Gasteiger charge is 2.27. The van der Waals surface area contributed by atoms with E-state index in [4.69, 9.17) is 11.2 Å². The molecule has 0 radical (unpaired) electrons. The molecule has 0 aromatic carbocycles. The van der Waals surface area contributed by atoms with Gasteiger partial charge in [-0.25, -0.2) is 14.8 Å². The maximum absolute atomic E-state index is 12.1. The van der Waals surface area contributed by atoms with E-state index in [1.807, 2.05) is 27.7 Å². The predicted octanol–water partition coefficient (Wildman–Crippen LogP) is 2.06. The molecule has 0 N–H and O–H groups in total. The van der Waals surface area contributed by atoms with Crippen molar-refractivity contribution < 1.29 is 9.53 Å². The summed E-state index contributed by atoms with van der Waals surface area (Å²) in [6.07, 6.45) is 5.76. The number of amides is 1. The molecule has 1 aliphatic rings. The van der Waals surface area contributed by atoms with Crippen molar-refractivity contribution in [1.29, 1.82) is 0 Å². The number of carbonyl (C=O) groups is 1. The standard InChI is InChI=1S/C15H19N3O2/c1-6-13-16-10(2)11-7-8-18(9-12(11)17-13)14(19)20-15(3,4)5/h1H,7-9H2,2-5H3. The minimum atomic E-state index is -0.497. The number of aromatic nitrogens is 2. The van der Waals surface area contributed by atoms with Gasteiger partial charge in [-0.2, -0.15) is 0 Å². The molecule has 0 atom stereocenters. The highest BCUT2D eigenvalue weighted by Crippen LogP contribution is 2.21. The zero-order valence-corrected chi connectivity index (χ0v) is 12.4. The largest absolute Gasteiger partial charge is 0.444 e. The van der Waals surface area contributed by atoms with E-state index in [0.717, 1.165) is 23.4 Å². The second-order valence-corrected chi connectivity index (χ2v) is 5.85. The van der Waals surface area contributed by atoms with Crippen LogP contribution < -0.4 is 0 Å². The Morgan fingerprint density at radius 3 is 2.70 bits per heavy atom. The summed E-state index contributed by atoms with van der Waals surface area (Å²) in [6, 6.07) is 0. The third-order valence-electron chi connectivity index (χ3n) is 3.05. The number of nitrogens with zero attached hydrogens (tertiary/aromatic N) is 3. The van der Waals surface area contributed by atoms with Crippen LogP contribution in [0, 0.1) is 19.3 Å². The Hall–Kier alpha value is -2.09. The number of fused-ring (bicyclic) bond motifs is 1. The van der Waals surface area contributed by atoms with E-state index in [1.165, 1.54) is 0 Å². The van der Waals surface area contributed by atoms with E-state index in [-0.39, 0.29) is 6.09 Å². The molecule has 0 fully saturated rings. The van der Waals surface area contributed by atoms with Crippen molar-refractivity contribution in [3.05, 3.63) is 22.8 Å². The van der Waals surface area contributed by atoms with E-state index < -0.39 is 5.60 Å². The van der Waals surface area contributed by atoms with Crippen molar-refractivity contribution in [2.24, 2.45) is 0 Å². The summed E-state index contributed by atoms with van der Waals surface area (Å²) in [5, 5.41) is 0. The van der Waals surface area contributed by atoms with Crippen LogP contribution in [0.5, 0.6) is 0 Å². The number of ether oxygens (including phenoxy) is 1. The maximum Gasteiger partial charge on any atom is 0.410 e. The first-order chi connectivity index (χ1) is 9.30. The Balaban J connectivity index is 2.21. The number of rotatable bonds is 0. The maximum atomic E-state index is 12.1. The summed E-state index contributed by atoms with van der Waals surface area (Å²) in [6.45, 7) is 8.51. The molecule has 5 heteroatoms. The monoisotopic (exact) mass is 273 g/mol. The average molecular weight is 273 g/mol. The Labute approximate surface area is 119 Å². The average Bonchev–Trinajstić information content (AvgIpc) is 2.35. The van der Waals surface area contributed by atoms with Crippen molar-refractivity contribution in [3.8, 4) is 12.3 Å². The Morgan fingerprint density at radius 2 is 2.10 bits per heavy atom. The van der Waals surface area contributed by atoms with Gasteiger partial charge in [0.25, 0.3) is 0 Å². The third kappa shape index (κ3) is 3.08. The minimum Gasteiger partial charge on any atom is -0.444 e. The van der Waals surface area contributed by atoms with Crippen LogP contribution in [-0.4, -0.2) is 33.1 Å². The topological polar surface area (TPSA) is 55.3 Å². The SMILES string of the molecule is C#Cc1nc(C)c2c(n1)CN(C(=O)OC(C)(C)C)CC2. The van der Waals surface area contributed by atoms with Crippen LogP contribution in [0.4, 0.5) is 4.79 Å². The zero-order chi connectivity index (χ0) is 14.9. The number of aryl methyl sites for hydroxylation is 1. The first kappa shape index (κ1) is 14.3. The van der Waals surface area contributed by atoms with Gasteiger partial charge in [-0.1, -0.05) is 0 Å². The summed E-state index contributed by atoms with van der Waals surface area (Å²) in [5.41, 5.74) is 2.31. The summed E-state index contributed by atoms with van der Waals surface area (Å²) >= 11 is 0. The van der Waals surface area contributed by atoms with Crippen LogP contribution in [0.2, 0.25) is 0 Å². The molecule has 20 heavy (non-hydrogen) atoms. The number of carbonyl (C=O) groups excluding carboxylic acids is 1. The summed E-state index contributed by atoms with van der Waals surface area (Å²) in [7, 11) is 0. The summed E-state index contributed by atoms with van der Waals surface area (Å²) in [5.74, 6) is 2.81. The van der Waals surface area contributed by atoms with Crippen LogP contribution in [0.25, 0.3) is 0 Å². The van der Waals surface area contributed by atoms with Gasteiger partial charge in [0, 0.05) is 12.2 Å². The molecule has 1 aromatic rings. The lowest BCUT2D eigenvalue weighted by atomic mass is 10.0. The number of hydrogen-bond acceptors (Lipinski definition) is 4. The molecular formula is C15H19N3O2. The van der Waals surface area contributed by atoms with Crippen molar-refractivity contribution in [3.63, 3.8) is 0 Å². The van der Waals surface area contributed by atoms with E-state index in [0.29, 0.717) is 18.9 Å². The highest BCUT2D eigenvalue weighted by atomic mass is 16.6. The van der Waals surface area contributed by atoms with Crippen molar-refractivity contribution in [1.82, 2.24) is 14.9 Å². The molecule has 0 saturated carbocycles. The van der Waals surface area contributed by atoms with Gasteiger partial charge in [0.1, 0.15) is 5.60 Å². The van der Waals surface area contributed by atoms with E-state index in [9.17, 15) is 4.79 Å². The van der Waals surface area contributed by atoms with Gasteiger partial charge >= 0.3 is 6.09 Å². The van der Waals surface area contributed by atoms with Crippen LogP contribution in [-0.2, 0) is 17.7 Å². The Morgan fingerprint density at radius 1 is 1.40 bits per heavy atom. The van der Waals surface area contributed by atoms with Crippen LogP contribution in [0.15, 0.2) is 0 Å². The van der Waals surface area contributed by atoms with Crippen LogP contribution in [0.1, 0.15) is 43.5 Å². The quantitative estimate of drug-likeness (QED) is 0.679. The molecule has 0 spiro atoms. The van der Waals surface area contributed by atoms with Gasteiger partial charge in [-0.15, -0.1) is 6.42 Å². The predicted molar refractivity (Wildman–Crippen MR) is 75.1 cm³/mol. The molecule has 1 aromatic heterocycles. The summed E-state index contributed by atoms with van der Waals surface area (Å²) in [4.78, 5) is 22.3. The second-order valence-electron chi connectivity index (χ2n) is 5.85. The fraction of sp³-hybridized carbons (Fsp3) is 0.533. The Kier molecular flexibility index (Phi) is 3.67. The Bertz CT molecular complexity index is 582. The third-order valence-corrected chi connectivity index (χ3v) is 3.05. The second kappa shape index (κ2) is 5.12. The fourth-order valence-corrected chi connectivity index (χ4v) is 2.16. The van der Waals surface area contributed by atoms with Crippen LogP contribution in [0.3, 0.4) is 0 Å². The smallest absolute Gasteiger partial charge is 0.410 e. The minimum absolute atomic E-state index is 0.318. The van der Waals surface area contributed by atoms with Gasteiger partial charge in [0.2, 0.25) is 5.82 Å². The van der Waals surface area contributed by atoms with Gasteiger partial charge in [0.15, 0.2) is 0 Å². The normalized spacial score (nSPS) is 14.4. The molecule has 0 aliphatic carbocycles. The molecule has 0 unspecified atom stereocenters. The lowest BCUT2D eigenvalue weighted by molar-refractivity contribution is 0.0220. The summed E-state index contributed by atoms with van der Waals surface area (Å²) < 4.78 is 5.38. The first-order valence-corrected chi connectivity index (χ1v) is 6.61. The number of hydrogen-bond donors (Lipinski definition) is 0. The van der Waals surface area contributed by atoms with Crippen LogP contribution >= 0.6 is 0 Å². The molecule has 1 amide bonds. The van der Waals surface area contributed by atoms with E-state index in [1.54, 1.807) is 4.90 Å². The van der Waals surface area contributed by atoms with Gasteiger partial charge < -0.3 is 9.64 Å². The lowest BCUT2D eigenvalue weighted by Crippen LogP contribution is -2.40. The molecular weight excluding hydrogens is 254 g/mol.